The summed E-state index contributed by atoms with van der Waals surface area (Å²) in [4.78, 5) is 7.24. The lowest BCUT2D eigenvalue weighted by Crippen LogP contribution is -2.37. The van der Waals surface area contributed by atoms with Crippen LogP contribution in [0.1, 0.15) is 18.4 Å². The monoisotopic (exact) mass is 521 g/mol. The van der Waals surface area contributed by atoms with Gasteiger partial charge in [0.05, 0.1) is 23.5 Å². The molecule has 1 aliphatic heterocycles. The van der Waals surface area contributed by atoms with Gasteiger partial charge in [-0.15, -0.1) is 0 Å². The maximum atomic E-state index is 10.4. The molecule has 1 saturated heterocycles. The molecule has 3 heterocycles. The van der Waals surface area contributed by atoms with Gasteiger partial charge in [-0.2, -0.15) is 9.61 Å². The Hall–Kier alpha value is -3.10. The van der Waals surface area contributed by atoms with Gasteiger partial charge in [0.2, 0.25) is 0 Å². The second-order valence-corrected chi connectivity index (χ2v) is 9.56. The number of likely N-dealkylation sites (tertiary alicyclic amines) is 1. The van der Waals surface area contributed by atoms with Crippen molar-refractivity contribution < 1.29 is 9.84 Å². The molecule has 4 aromatic rings. The van der Waals surface area contributed by atoms with Gasteiger partial charge >= 0.3 is 0 Å². The quantitative estimate of drug-likeness (QED) is 0.348. The van der Waals surface area contributed by atoms with E-state index in [1.165, 1.54) is 18.4 Å². The predicted octanol–water partition coefficient (Wildman–Crippen LogP) is 5.20. The number of hydrogen-bond acceptors (Lipinski definition) is 6. The summed E-state index contributed by atoms with van der Waals surface area (Å²) in [5.41, 5.74) is 3.34. The van der Waals surface area contributed by atoms with E-state index in [0.29, 0.717) is 22.8 Å². The van der Waals surface area contributed by atoms with Crippen molar-refractivity contribution in [3.63, 3.8) is 0 Å². The van der Waals surface area contributed by atoms with E-state index in [4.69, 9.17) is 9.72 Å². The van der Waals surface area contributed by atoms with Crippen LogP contribution in [0, 0.1) is 5.92 Å². The topological polar surface area (TPSA) is 74.9 Å². The summed E-state index contributed by atoms with van der Waals surface area (Å²) < 4.78 is 8.16. The number of fused-ring (bicyclic) bond motifs is 1. The number of halogens is 1. The third-order valence-electron chi connectivity index (χ3n) is 6.37. The largest absolute Gasteiger partial charge is 0.507 e. The van der Waals surface area contributed by atoms with E-state index in [2.05, 4.69) is 43.4 Å². The van der Waals surface area contributed by atoms with Crippen LogP contribution in [0.4, 0.5) is 5.82 Å². The lowest BCUT2D eigenvalue weighted by Gasteiger charge is -2.33. The molecular weight excluding hydrogens is 494 g/mol. The van der Waals surface area contributed by atoms with Crippen LogP contribution < -0.4 is 10.1 Å². The molecule has 1 unspecified atom stereocenters. The lowest BCUT2D eigenvalue weighted by atomic mass is 9.97. The van der Waals surface area contributed by atoms with Crippen LogP contribution in [0.15, 0.2) is 65.3 Å². The number of aromatic hydroxyl groups is 1. The zero-order valence-corrected chi connectivity index (χ0v) is 20.7. The van der Waals surface area contributed by atoms with Gasteiger partial charge in [-0.1, -0.05) is 30.3 Å². The van der Waals surface area contributed by atoms with Crippen molar-refractivity contribution in [1.29, 1.82) is 0 Å². The predicted molar refractivity (Wildman–Crippen MR) is 137 cm³/mol. The minimum atomic E-state index is 0.209. The second kappa shape index (κ2) is 10.0. The first-order chi connectivity index (χ1) is 16.6. The van der Waals surface area contributed by atoms with Crippen molar-refractivity contribution in [3.05, 3.63) is 70.8 Å². The summed E-state index contributed by atoms with van der Waals surface area (Å²) in [6.45, 7) is 3.84. The fourth-order valence-corrected chi connectivity index (χ4v) is 5.02. The number of methoxy groups -OCH3 is 1. The van der Waals surface area contributed by atoms with Crippen molar-refractivity contribution >= 4 is 27.4 Å². The molecule has 7 nitrogen and oxygen atoms in total. The van der Waals surface area contributed by atoms with Crippen LogP contribution >= 0.6 is 15.9 Å². The van der Waals surface area contributed by atoms with Crippen LogP contribution in [0.25, 0.3) is 16.9 Å². The number of nitrogens with zero attached hydrogens (tertiary/aromatic N) is 4. The number of piperidine rings is 1. The van der Waals surface area contributed by atoms with E-state index in [-0.39, 0.29) is 5.75 Å². The van der Waals surface area contributed by atoms with Crippen molar-refractivity contribution in [1.82, 2.24) is 19.5 Å². The summed E-state index contributed by atoms with van der Waals surface area (Å²) in [6, 6.07) is 17.5. The van der Waals surface area contributed by atoms with Crippen LogP contribution in [-0.2, 0) is 6.54 Å². The number of hydrogen-bond donors (Lipinski definition) is 2. The van der Waals surface area contributed by atoms with Crippen molar-refractivity contribution in [2.45, 2.75) is 19.4 Å². The molecule has 2 N–H and O–H groups in total. The second-order valence-electron chi connectivity index (χ2n) is 8.71. The standard InChI is InChI=1S/C26H28BrN5O2/c1-34-24-11-5-2-8-19(24)17-31-12-6-7-18(16-31)14-28-25-13-22(20-9-3-4-10-23(20)33)30-26-21(27)15-29-32(25)26/h2-5,8-11,13,15,18,28,33H,6-7,12,14,16-17H2,1H3. The molecule has 0 radical (unpaired) electrons. The molecule has 5 rings (SSSR count). The molecule has 1 aliphatic rings. The van der Waals surface area contributed by atoms with Gasteiger partial charge in [-0.25, -0.2) is 4.98 Å². The fourth-order valence-electron chi connectivity index (χ4n) is 4.68. The van der Waals surface area contributed by atoms with Crippen LogP contribution in [0.5, 0.6) is 11.5 Å². The van der Waals surface area contributed by atoms with E-state index in [0.717, 1.165) is 42.2 Å². The highest BCUT2D eigenvalue weighted by Gasteiger charge is 2.22. The third-order valence-corrected chi connectivity index (χ3v) is 6.93. The number of aromatic nitrogens is 3. The molecule has 2 aromatic carbocycles. The summed E-state index contributed by atoms with van der Waals surface area (Å²) in [5, 5.41) is 18.5. The van der Waals surface area contributed by atoms with Crippen LogP contribution in [0.3, 0.4) is 0 Å². The van der Waals surface area contributed by atoms with Crippen LogP contribution in [0.2, 0.25) is 0 Å². The minimum absolute atomic E-state index is 0.209. The van der Waals surface area contributed by atoms with Gasteiger partial charge < -0.3 is 15.2 Å². The van der Waals surface area contributed by atoms with Gasteiger partial charge in [0.1, 0.15) is 17.3 Å². The van der Waals surface area contributed by atoms with E-state index in [1.54, 1.807) is 19.4 Å². The van der Waals surface area contributed by atoms with Crippen molar-refractivity contribution in [2.24, 2.45) is 5.92 Å². The summed E-state index contributed by atoms with van der Waals surface area (Å²) in [5.74, 6) is 2.53. The van der Waals surface area contributed by atoms with Gasteiger partial charge in [-0.05, 0) is 59.4 Å². The molecule has 8 heteroatoms. The molecule has 1 atom stereocenters. The highest BCUT2D eigenvalue weighted by molar-refractivity contribution is 9.10. The van der Waals surface area contributed by atoms with Crippen molar-refractivity contribution in [2.75, 3.05) is 32.1 Å². The first kappa shape index (κ1) is 22.7. The Balaban J connectivity index is 1.33. The van der Waals surface area contributed by atoms with E-state index >= 15 is 0 Å². The van der Waals surface area contributed by atoms with Gasteiger partial charge in [0, 0.05) is 36.8 Å². The Bertz CT molecular complexity index is 1290. The number of phenols is 1. The molecule has 34 heavy (non-hydrogen) atoms. The molecule has 0 amide bonds. The fraction of sp³-hybridized carbons (Fsp3) is 0.308. The molecule has 176 valence electrons. The smallest absolute Gasteiger partial charge is 0.172 e. The number of anilines is 1. The average Bonchev–Trinajstić information content (AvgIpc) is 3.24. The first-order valence-electron chi connectivity index (χ1n) is 11.5. The summed E-state index contributed by atoms with van der Waals surface area (Å²) >= 11 is 3.55. The first-order valence-corrected chi connectivity index (χ1v) is 12.3. The number of nitrogens with one attached hydrogen (secondary N) is 1. The van der Waals surface area contributed by atoms with E-state index in [1.807, 2.05) is 40.9 Å². The van der Waals surface area contributed by atoms with Crippen molar-refractivity contribution in [3.8, 4) is 22.8 Å². The number of phenolic OH excluding ortho intramolecular Hbond substituents is 1. The van der Waals surface area contributed by atoms with E-state index < -0.39 is 0 Å². The maximum Gasteiger partial charge on any atom is 0.172 e. The average molecular weight is 522 g/mol. The number of ether oxygens (including phenoxy) is 1. The SMILES string of the molecule is COc1ccccc1CN1CCCC(CNc2cc(-c3ccccc3O)nc3c(Br)cnn23)C1. The molecule has 2 aromatic heterocycles. The lowest BCUT2D eigenvalue weighted by molar-refractivity contribution is 0.171. The Morgan fingerprint density at radius 3 is 2.85 bits per heavy atom. The van der Waals surface area contributed by atoms with Gasteiger partial charge in [0.15, 0.2) is 5.65 Å². The highest BCUT2D eigenvalue weighted by Crippen LogP contribution is 2.31. The molecule has 0 bridgehead atoms. The zero-order chi connectivity index (χ0) is 23.5. The number of para-hydroxylation sites is 2. The zero-order valence-electron chi connectivity index (χ0n) is 19.1. The molecule has 1 fully saturated rings. The van der Waals surface area contributed by atoms with Gasteiger partial charge in [-0.3, -0.25) is 4.90 Å². The Kier molecular flexibility index (Phi) is 6.69. The minimum Gasteiger partial charge on any atom is -0.507 e. The van der Waals surface area contributed by atoms with Gasteiger partial charge in [0.25, 0.3) is 0 Å². The molecule has 0 aliphatic carbocycles. The molecular formula is C26H28BrN5O2. The Morgan fingerprint density at radius 2 is 2.00 bits per heavy atom. The Labute approximate surface area is 207 Å². The van der Waals surface area contributed by atoms with E-state index in [9.17, 15) is 5.11 Å². The molecule has 0 saturated carbocycles. The number of benzene rings is 2. The highest BCUT2D eigenvalue weighted by atomic mass is 79.9. The Morgan fingerprint density at radius 1 is 1.18 bits per heavy atom. The number of rotatable bonds is 7. The third kappa shape index (κ3) is 4.74. The summed E-state index contributed by atoms with van der Waals surface area (Å²) in [6.07, 6.45) is 4.10. The molecule has 0 spiro atoms. The maximum absolute atomic E-state index is 10.4. The van der Waals surface area contributed by atoms with Crippen LogP contribution in [-0.4, -0.2) is 51.3 Å². The normalized spacial score (nSPS) is 16.6. The summed E-state index contributed by atoms with van der Waals surface area (Å²) in [7, 11) is 1.73.